The van der Waals surface area contributed by atoms with Crippen LogP contribution in [0.4, 0.5) is 15.8 Å². The number of aryl methyl sites for hydroxylation is 1. The molecule has 0 radical (unpaired) electrons. The highest BCUT2D eigenvalue weighted by Crippen LogP contribution is 2.24. The maximum absolute atomic E-state index is 13.5. The number of hydrogen-bond acceptors (Lipinski definition) is 3. The molecule has 2 aromatic rings. The second-order valence-corrected chi connectivity index (χ2v) is 5.38. The number of hydrogen-bond donors (Lipinski definition) is 2. The Morgan fingerprint density at radius 1 is 1.30 bits per heavy atom. The Kier molecular flexibility index (Phi) is 4.63. The molecule has 3 N–H and O–H groups in total. The zero-order valence-electron chi connectivity index (χ0n) is 11.0. The number of carbonyl (C=O) groups excluding carboxylic acids is 1. The summed E-state index contributed by atoms with van der Waals surface area (Å²) >= 11 is 1.32. The molecule has 0 aliphatic heterocycles. The highest BCUT2D eigenvalue weighted by molar-refractivity contribution is 8.00. The molecule has 2 rings (SSSR count). The van der Waals surface area contributed by atoms with Gasteiger partial charge in [-0.25, -0.2) is 4.39 Å². The van der Waals surface area contributed by atoms with Crippen LogP contribution in [-0.4, -0.2) is 11.7 Å². The second-order valence-electron chi connectivity index (χ2n) is 4.36. The Morgan fingerprint density at radius 2 is 2.05 bits per heavy atom. The maximum atomic E-state index is 13.5. The smallest absolute Gasteiger partial charge is 0.234 e. The minimum atomic E-state index is -0.437. The summed E-state index contributed by atoms with van der Waals surface area (Å²) in [5, 5.41) is 2.57. The predicted molar refractivity (Wildman–Crippen MR) is 81.3 cm³/mol. The van der Waals surface area contributed by atoms with Crippen molar-refractivity contribution < 1.29 is 9.18 Å². The molecule has 104 valence electrons. The summed E-state index contributed by atoms with van der Waals surface area (Å²) < 4.78 is 13.5. The lowest BCUT2D eigenvalue weighted by Crippen LogP contribution is -2.15. The van der Waals surface area contributed by atoms with Gasteiger partial charge in [0, 0.05) is 10.6 Å². The largest absolute Gasteiger partial charge is 0.398 e. The fourth-order valence-corrected chi connectivity index (χ4v) is 2.44. The van der Waals surface area contributed by atoms with E-state index in [2.05, 4.69) is 5.32 Å². The number of nitrogen functional groups attached to an aromatic ring is 1. The highest BCUT2D eigenvalue weighted by Gasteiger charge is 2.08. The van der Waals surface area contributed by atoms with Gasteiger partial charge in [-0.3, -0.25) is 4.79 Å². The number of nitrogens with two attached hydrogens (primary N) is 1. The van der Waals surface area contributed by atoms with E-state index in [1.807, 2.05) is 25.1 Å². The second kappa shape index (κ2) is 6.43. The third-order valence-electron chi connectivity index (χ3n) is 2.67. The molecule has 0 unspecified atom stereocenters. The number of thioether (sulfide) groups is 1. The average Bonchev–Trinajstić information content (AvgIpc) is 2.42. The average molecular weight is 290 g/mol. The van der Waals surface area contributed by atoms with E-state index < -0.39 is 5.82 Å². The van der Waals surface area contributed by atoms with Crippen molar-refractivity contribution in [3.63, 3.8) is 0 Å². The van der Waals surface area contributed by atoms with Gasteiger partial charge in [-0.15, -0.1) is 11.8 Å². The summed E-state index contributed by atoms with van der Waals surface area (Å²) in [4.78, 5) is 12.7. The molecule has 0 aliphatic carbocycles. The van der Waals surface area contributed by atoms with Crippen LogP contribution in [-0.2, 0) is 4.79 Å². The summed E-state index contributed by atoms with van der Waals surface area (Å²) in [6.07, 6.45) is 0. The standard InChI is InChI=1S/C15H15FN2OS/c1-10-6-7-11(16)13(8-10)18-15(19)9-20-14-5-3-2-4-12(14)17/h2-8H,9,17H2,1H3,(H,18,19). The molecule has 3 nitrogen and oxygen atoms in total. The first-order valence-corrected chi connectivity index (χ1v) is 7.08. The van der Waals surface area contributed by atoms with Crippen LogP contribution in [0.25, 0.3) is 0 Å². The van der Waals surface area contributed by atoms with Gasteiger partial charge in [-0.2, -0.15) is 0 Å². The van der Waals surface area contributed by atoms with Gasteiger partial charge in [0.05, 0.1) is 11.4 Å². The van der Waals surface area contributed by atoms with E-state index in [-0.39, 0.29) is 17.3 Å². The molecular weight excluding hydrogens is 275 g/mol. The van der Waals surface area contributed by atoms with Crippen LogP contribution in [0, 0.1) is 12.7 Å². The quantitative estimate of drug-likeness (QED) is 0.670. The molecule has 0 saturated heterocycles. The SMILES string of the molecule is Cc1ccc(F)c(NC(=O)CSc2ccccc2N)c1. The topological polar surface area (TPSA) is 55.1 Å². The molecule has 0 heterocycles. The third kappa shape index (κ3) is 3.74. The van der Waals surface area contributed by atoms with E-state index >= 15 is 0 Å². The van der Waals surface area contributed by atoms with Gasteiger partial charge >= 0.3 is 0 Å². The molecule has 2 aromatic carbocycles. The number of para-hydroxylation sites is 1. The number of benzene rings is 2. The van der Waals surface area contributed by atoms with Gasteiger partial charge in [-0.05, 0) is 36.8 Å². The minimum absolute atomic E-state index is 0.182. The molecule has 5 heteroatoms. The van der Waals surface area contributed by atoms with Crippen LogP contribution >= 0.6 is 11.8 Å². The van der Waals surface area contributed by atoms with Crippen LogP contribution in [0.5, 0.6) is 0 Å². The minimum Gasteiger partial charge on any atom is -0.398 e. The van der Waals surface area contributed by atoms with Gasteiger partial charge < -0.3 is 11.1 Å². The first-order chi connectivity index (χ1) is 9.56. The lowest BCUT2D eigenvalue weighted by atomic mass is 10.2. The van der Waals surface area contributed by atoms with E-state index in [1.165, 1.54) is 17.8 Å². The molecule has 20 heavy (non-hydrogen) atoms. The normalized spacial score (nSPS) is 10.3. The van der Waals surface area contributed by atoms with Gasteiger partial charge in [0.25, 0.3) is 0 Å². The summed E-state index contributed by atoms with van der Waals surface area (Å²) in [6.45, 7) is 1.84. The molecule has 0 fully saturated rings. The first-order valence-electron chi connectivity index (χ1n) is 6.09. The molecule has 0 saturated carbocycles. The summed E-state index contributed by atoms with van der Waals surface area (Å²) in [5.74, 6) is -0.516. The maximum Gasteiger partial charge on any atom is 0.234 e. The Balaban J connectivity index is 1.96. The molecule has 0 aliphatic rings. The van der Waals surface area contributed by atoms with Crippen molar-refractivity contribution in [2.45, 2.75) is 11.8 Å². The van der Waals surface area contributed by atoms with Crippen LogP contribution in [0.1, 0.15) is 5.56 Å². The zero-order valence-corrected chi connectivity index (χ0v) is 11.8. The fraction of sp³-hybridized carbons (Fsp3) is 0.133. The Labute approximate surface area is 121 Å². The van der Waals surface area contributed by atoms with E-state index in [0.29, 0.717) is 5.69 Å². The lowest BCUT2D eigenvalue weighted by molar-refractivity contribution is -0.113. The number of anilines is 2. The lowest BCUT2D eigenvalue weighted by Gasteiger charge is -2.08. The number of halogens is 1. The number of carbonyl (C=O) groups is 1. The molecule has 0 aromatic heterocycles. The van der Waals surface area contributed by atoms with Crippen molar-refractivity contribution in [3.05, 3.63) is 53.8 Å². The summed E-state index contributed by atoms with van der Waals surface area (Å²) in [5.41, 5.74) is 7.52. The van der Waals surface area contributed by atoms with Crippen LogP contribution < -0.4 is 11.1 Å². The fourth-order valence-electron chi connectivity index (χ4n) is 1.68. The van der Waals surface area contributed by atoms with Crippen molar-refractivity contribution in [2.24, 2.45) is 0 Å². The van der Waals surface area contributed by atoms with Gasteiger partial charge in [0.15, 0.2) is 0 Å². The molecule has 0 atom stereocenters. The van der Waals surface area contributed by atoms with Gasteiger partial charge in [0.2, 0.25) is 5.91 Å². The molecular formula is C15H15FN2OS. The van der Waals surface area contributed by atoms with E-state index in [0.717, 1.165) is 10.5 Å². The Morgan fingerprint density at radius 3 is 2.80 bits per heavy atom. The number of nitrogens with one attached hydrogen (secondary N) is 1. The summed E-state index contributed by atoms with van der Waals surface area (Å²) in [7, 11) is 0. The monoisotopic (exact) mass is 290 g/mol. The molecule has 1 amide bonds. The highest BCUT2D eigenvalue weighted by atomic mass is 32.2. The van der Waals surface area contributed by atoms with Crippen molar-refractivity contribution in [2.75, 3.05) is 16.8 Å². The first kappa shape index (κ1) is 14.4. The summed E-state index contributed by atoms with van der Waals surface area (Å²) in [6, 6.07) is 11.9. The van der Waals surface area contributed by atoms with Crippen molar-refractivity contribution in [1.82, 2.24) is 0 Å². The third-order valence-corrected chi connectivity index (χ3v) is 3.76. The Hall–Kier alpha value is -2.01. The number of rotatable bonds is 4. The van der Waals surface area contributed by atoms with Gasteiger partial charge in [-0.1, -0.05) is 18.2 Å². The van der Waals surface area contributed by atoms with E-state index in [1.54, 1.807) is 18.2 Å². The van der Waals surface area contributed by atoms with Crippen molar-refractivity contribution >= 4 is 29.0 Å². The molecule has 0 spiro atoms. The van der Waals surface area contributed by atoms with E-state index in [4.69, 9.17) is 5.73 Å². The van der Waals surface area contributed by atoms with Gasteiger partial charge in [0.1, 0.15) is 5.82 Å². The van der Waals surface area contributed by atoms with Crippen LogP contribution in [0.2, 0.25) is 0 Å². The predicted octanol–water partition coefficient (Wildman–Crippen LogP) is 3.45. The van der Waals surface area contributed by atoms with Crippen LogP contribution in [0.3, 0.4) is 0 Å². The van der Waals surface area contributed by atoms with Crippen molar-refractivity contribution in [1.29, 1.82) is 0 Å². The van der Waals surface area contributed by atoms with E-state index in [9.17, 15) is 9.18 Å². The van der Waals surface area contributed by atoms with Crippen LogP contribution in [0.15, 0.2) is 47.4 Å². The Bertz CT molecular complexity index is 631. The van der Waals surface area contributed by atoms with Crippen molar-refractivity contribution in [3.8, 4) is 0 Å². The molecule has 0 bridgehead atoms. The number of amides is 1. The zero-order chi connectivity index (χ0) is 14.5.